The highest BCUT2D eigenvalue weighted by molar-refractivity contribution is 5.93. The topological polar surface area (TPSA) is 81.0 Å². The normalized spacial score (nSPS) is 10.2. The van der Waals surface area contributed by atoms with Gasteiger partial charge in [0.2, 0.25) is 0 Å². The van der Waals surface area contributed by atoms with E-state index < -0.39 is 5.97 Å². The molecule has 0 aliphatic heterocycles. The molecule has 0 aliphatic carbocycles. The lowest BCUT2D eigenvalue weighted by molar-refractivity contribution is 0.0516. The summed E-state index contributed by atoms with van der Waals surface area (Å²) in [6, 6.07) is 9.60. The van der Waals surface area contributed by atoms with Gasteiger partial charge >= 0.3 is 5.97 Å². The maximum absolute atomic E-state index is 12.2. The number of esters is 1. The number of nitriles is 1. The summed E-state index contributed by atoms with van der Waals surface area (Å²) in [4.78, 5) is 12.2. The summed E-state index contributed by atoms with van der Waals surface area (Å²) in [6.45, 7) is 5.67. The third-order valence-corrected chi connectivity index (χ3v) is 3.32. The van der Waals surface area contributed by atoms with E-state index >= 15 is 0 Å². The molecule has 2 N–H and O–H groups in total. The molecule has 0 atom stereocenters. The lowest BCUT2D eigenvalue weighted by Crippen LogP contribution is -2.13. The van der Waals surface area contributed by atoms with Gasteiger partial charge in [-0.2, -0.15) is 5.26 Å². The van der Waals surface area contributed by atoms with Gasteiger partial charge < -0.3 is 10.5 Å². The maximum atomic E-state index is 12.2. The van der Waals surface area contributed by atoms with Gasteiger partial charge in [0.05, 0.1) is 12.2 Å². The quantitative estimate of drug-likeness (QED) is 0.878. The zero-order chi connectivity index (χ0) is 15.6. The molecule has 0 bridgehead atoms. The van der Waals surface area contributed by atoms with E-state index in [9.17, 15) is 10.1 Å². The van der Waals surface area contributed by atoms with Gasteiger partial charge in [-0.05, 0) is 32.9 Å². The number of hydrogen-bond acceptors (Lipinski definition) is 4. The molecular formula is C16H17N3O2. The first-order chi connectivity index (χ1) is 10.0. The number of nitrogens with zero attached hydrogens (tertiary/aromatic N) is 2. The van der Waals surface area contributed by atoms with Crippen LogP contribution >= 0.6 is 0 Å². The molecule has 1 heterocycles. The molecule has 0 saturated heterocycles. The van der Waals surface area contributed by atoms with Crippen molar-refractivity contribution in [2.45, 2.75) is 20.8 Å². The third kappa shape index (κ3) is 2.48. The lowest BCUT2D eigenvalue weighted by atomic mass is 10.2. The number of aromatic nitrogens is 1. The Kier molecular flexibility index (Phi) is 3.99. The number of ether oxygens (including phenoxy) is 1. The van der Waals surface area contributed by atoms with E-state index in [2.05, 4.69) is 0 Å². The second kappa shape index (κ2) is 5.71. The minimum absolute atomic E-state index is 0.252. The molecule has 108 valence electrons. The zero-order valence-corrected chi connectivity index (χ0v) is 12.3. The van der Waals surface area contributed by atoms with Gasteiger partial charge in [0.1, 0.15) is 17.6 Å². The van der Waals surface area contributed by atoms with Crippen LogP contribution in [0.4, 0.5) is 5.82 Å². The fourth-order valence-electron chi connectivity index (χ4n) is 2.26. The predicted molar refractivity (Wildman–Crippen MR) is 80.3 cm³/mol. The Hall–Kier alpha value is -2.74. The molecule has 0 radical (unpaired) electrons. The number of anilines is 1. The Labute approximate surface area is 123 Å². The second-order valence-corrected chi connectivity index (χ2v) is 4.74. The lowest BCUT2D eigenvalue weighted by Gasteiger charge is -2.11. The Balaban J connectivity index is 2.72. The van der Waals surface area contributed by atoms with E-state index in [0.29, 0.717) is 16.8 Å². The van der Waals surface area contributed by atoms with E-state index in [1.54, 1.807) is 18.4 Å². The van der Waals surface area contributed by atoms with Crippen LogP contribution in [0.1, 0.15) is 34.1 Å². The molecule has 0 aliphatic rings. The highest BCUT2D eigenvalue weighted by Crippen LogP contribution is 2.28. The van der Waals surface area contributed by atoms with Crippen molar-refractivity contribution >= 4 is 11.8 Å². The average Bonchev–Trinajstić information content (AvgIpc) is 2.71. The maximum Gasteiger partial charge on any atom is 0.355 e. The van der Waals surface area contributed by atoms with Crippen molar-refractivity contribution in [1.82, 2.24) is 4.57 Å². The smallest absolute Gasteiger partial charge is 0.355 e. The monoisotopic (exact) mass is 283 g/mol. The molecule has 5 nitrogen and oxygen atoms in total. The van der Waals surface area contributed by atoms with Crippen molar-refractivity contribution in [3.05, 3.63) is 46.6 Å². The second-order valence-electron chi connectivity index (χ2n) is 4.74. The molecule has 0 spiro atoms. The molecule has 0 unspecified atom stereocenters. The third-order valence-electron chi connectivity index (χ3n) is 3.32. The standard InChI is InChI=1S/C16H17N3O2/c1-4-21-16(20)14-11(3)13(9-17)15(18)19(14)12-7-5-10(2)6-8-12/h5-8H,4,18H2,1-3H3. The van der Waals surface area contributed by atoms with Gasteiger partial charge in [0, 0.05) is 11.3 Å². The SMILES string of the molecule is CCOC(=O)c1c(C)c(C#N)c(N)n1-c1ccc(C)cc1. The van der Waals surface area contributed by atoms with Crippen LogP contribution in [0.15, 0.2) is 24.3 Å². The van der Waals surface area contributed by atoms with Gasteiger partial charge in [0.15, 0.2) is 0 Å². The molecule has 1 aromatic carbocycles. The summed E-state index contributed by atoms with van der Waals surface area (Å²) < 4.78 is 6.66. The van der Waals surface area contributed by atoms with Crippen LogP contribution in [0, 0.1) is 25.2 Å². The number of aryl methyl sites for hydroxylation is 1. The summed E-state index contributed by atoms with van der Waals surface area (Å²) in [5, 5.41) is 9.24. The van der Waals surface area contributed by atoms with Crippen LogP contribution in [0.5, 0.6) is 0 Å². The van der Waals surface area contributed by atoms with Gasteiger partial charge in [-0.1, -0.05) is 17.7 Å². The average molecular weight is 283 g/mol. The van der Waals surface area contributed by atoms with Crippen LogP contribution in [0.2, 0.25) is 0 Å². The largest absolute Gasteiger partial charge is 0.461 e. The fraction of sp³-hybridized carbons (Fsp3) is 0.250. The van der Waals surface area contributed by atoms with Crippen LogP contribution in [-0.2, 0) is 4.74 Å². The Morgan fingerprint density at radius 2 is 1.95 bits per heavy atom. The number of carbonyl (C=O) groups is 1. The summed E-state index contributed by atoms with van der Waals surface area (Å²) in [7, 11) is 0. The molecule has 1 aromatic heterocycles. The number of hydrogen-bond donors (Lipinski definition) is 1. The molecule has 2 rings (SSSR count). The number of nitrogens with two attached hydrogens (primary N) is 1. The van der Waals surface area contributed by atoms with Crippen molar-refractivity contribution in [1.29, 1.82) is 5.26 Å². The summed E-state index contributed by atoms with van der Waals surface area (Å²) in [5.74, 6) is -0.231. The predicted octanol–water partition coefficient (Wildman–Crippen LogP) is 2.72. The van der Waals surface area contributed by atoms with Crippen molar-refractivity contribution in [3.8, 4) is 11.8 Å². The number of benzene rings is 1. The summed E-state index contributed by atoms with van der Waals surface area (Å²) in [5.41, 5.74) is 9.02. The Bertz CT molecular complexity index is 721. The van der Waals surface area contributed by atoms with Crippen LogP contribution in [0.3, 0.4) is 0 Å². The first-order valence-corrected chi connectivity index (χ1v) is 6.66. The number of nitrogen functional groups attached to an aromatic ring is 1. The molecule has 5 heteroatoms. The van der Waals surface area contributed by atoms with Gasteiger partial charge in [-0.25, -0.2) is 4.79 Å². The number of rotatable bonds is 3. The van der Waals surface area contributed by atoms with Crippen molar-refractivity contribution in [2.24, 2.45) is 0 Å². The Morgan fingerprint density at radius 1 is 1.33 bits per heavy atom. The van der Waals surface area contributed by atoms with E-state index in [4.69, 9.17) is 10.5 Å². The molecule has 2 aromatic rings. The zero-order valence-electron chi connectivity index (χ0n) is 12.3. The first kappa shape index (κ1) is 14.7. The van der Waals surface area contributed by atoms with Crippen LogP contribution in [0.25, 0.3) is 5.69 Å². The van der Waals surface area contributed by atoms with Gasteiger partial charge in [0.25, 0.3) is 0 Å². The summed E-state index contributed by atoms with van der Waals surface area (Å²) in [6.07, 6.45) is 0. The highest BCUT2D eigenvalue weighted by atomic mass is 16.5. The molecule has 21 heavy (non-hydrogen) atoms. The van der Waals surface area contributed by atoms with Crippen LogP contribution < -0.4 is 5.73 Å². The minimum Gasteiger partial charge on any atom is -0.461 e. The van der Waals surface area contributed by atoms with Crippen molar-refractivity contribution in [3.63, 3.8) is 0 Å². The highest BCUT2D eigenvalue weighted by Gasteiger charge is 2.25. The van der Waals surface area contributed by atoms with Crippen molar-refractivity contribution < 1.29 is 9.53 Å². The van der Waals surface area contributed by atoms with E-state index in [1.807, 2.05) is 37.3 Å². The van der Waals surface area contributed by atoms with E-state index in [-0.39, 0.29) is 12.4 Å². The van der Waals surface area contributed by atoms with E-state index in [1.165, 1.54) is 0 Å². The number of carbonyl (C=O) groups excluding carboxylic acids is 1. The Morgan fingerprint density at radius 3 is 2.48 bits per heavy atom. The van der Waals surface area contributed by atoms with Gasteiger partial charge in [-0.3, -0.25) is 4.57 Å². The molecular weight excluding hydrogens is 266 g/mol. The van der Waals surface area contributed by atoms with E-state index in [0.717, 1.165) is 11.3 Å². The molecule has 0 saturated carbocycles. The first-order valence-electron chi connectivity index (χ1n) is 6.66. The van der Waals surface area contributed by atoms with Crippen molar-refractivity contribution in [2.75, 3.05) is 12.3 Å². The summed E-state index contributed by atoms with van der Waals surface area (Å²) >= 11 is 0. The minimum atomic E-state index is -0.483. The molecule has 0 fully saturated rings. The molecule has 0 amide bonds. The van der Waals surface area contributed by atoms with Gasteiger partial charge in [-0.15, -0.1) is 0 Å². The fourth-order valence-corrected chi connectivity index (χ4v) is 2.26. The van der Waals surface area contributed by atoms with Crippen LogP contribution in [-0.4, -0.2) is 17.1 Å².